The van der Waals surface area contributed by atoms with Crippen LogP contribution in [-0.2, 0) is 18.5 Å². The van der Waals surface area contributed by atoms with Gasteiger partial charge in [0.1, 0.15) is 5.82 Å². The predicted molar refractivity (Wildman–Crippen MR) is 85.8 cm³/mol. The van der Waals surface area contributed by atoms with E-state index < -0.39 is 0 Å². The molecule has 0 saturated carbocycles. The van der Waals surface area contributed by atoms with Gasteiger partial charge in [-0.1, -0.05) is 40.7 Å². The molecule has 1 aromatic carbocycles. The summed E-state index contributed by atoms with van der Waals surface area (Å²) < 4.78 is 2.39. The average Bonchev–Trinajstić information content (AvgIpc) is 2.76. The van der Waals surface area contributed by atoms with Gasteiger partial charge in [-0.05, 0) is 30.0 Å². The topological polar surface area (TPSA) is 43.8 Å². The van der Waals surface area contributed by atoms with Crippen LogP contribution in [0.25, 0.3) is 11.0 Å². The molecule has 110 valence electrons. The molecule has 0 aliphatic carbocycles. The van der Waals surface area contributed by atoms with E-state index in [0.717, 1.165) is 24.0 Å². The Labute approximate surface area is 122 Å². The van der Waals surface area contributed by atoms with E-state index in [1.807, 2.05) is 0 Å². The van der Waals surface area contributed by atoms with Gasteiger partial charge >= 0.3 is 0 Å². The zero-order valence-corrected chi connectivity index (χ0v) is 13.4. The third kappa shape index (κ3) is 2.73. The lowest BCUT2D eigenvalue weighted by atomic mass is 9.89. The highest BCUT2D eigenvalue weighted by Crippen LogP contribution is 2.30. The highest BCUT2D eigenvalue weighted by Gasteiger charge is 2.26. The Kier molecular flexibility index (Phi) is 4.19. The largest absolute Gasteiger partial charge is 0.327 e. The van der Waals surface area contributed by atoms with Crippen molar-refractivity contribution in [2.45, 2.75) is 59.5 Å². The molecule has 0 atom stereocenters. The first kappa shape index (κ1) is 15.0. The van der Waals surface area contributed by atoms with E-state index in [4.69, 9.17) is 10.7 Å². The fraction of sp³-hybridized carbons (Fsp3) is 0.588. The molecule has 2 N–H and O–H groups in total. The Bertz CT molecular complexity index is 594. The van der Waals surface area contributed by atoms with Crippen molar-refractivity contribution in [3.8, 4) is 0 Å². The number of imidazole rings is 1. The molecule has 0 bridgehead atoms. The van der Waals surface area contributed by atoms with Gasteiger partial charge in [0.15, 0.2) is 0 Å². The molecule has 1 heterocycles. The Morgan fingerprint density at radius 3 is 2.55 bits per heavy atom. The van der Waals surface area contributed by atoms with Crippen molar-refractivity contribution in [1.82, 2.24) is 9.55 Å². The van der Waals surface area contributed by atoms with Crippen LogP contribution in [0.3, 0.4) is 0 Å². The fourth-order valence-electron chi connectivity index (χ4n) is 2.53. The molecule has 1 aromatic heterocycles. The lowest BCUT2D eigenvalue weighted by molar-refractivity contribution is 0.423. The maximum Gasteiger partial charge on any atom is 0.115 e. The second kappa shape index (κ2) is 5.57. The molecule has 0 saturated heterocycles. The van der Waals surface area contributed by atoms with Crippen LogP contribution < -0.4 is 5.73 Å². The first-order valence-electron chi connectivity index (χ1n) is 7.58. The molecule has 0 aliphatic rings. The van der Waals surface area contributed by atoms with Gasteiger partial charge in [-0.15, -0.1) is 0 Å². The smallest absolute Gasteiger partial charge is 0.115 e. The van der Waals surface area contributed by atoms with E-state index >= 15 is 0 Å². The summed E-state index contributed by atoms with van der Waals surface area (Å²) >= 11 is 0. The van der Waals surface area contributed by atoms with Crippen molar-refractivity contribution in [3.63, 3.8) is 0 Å². The number of hydrogen-bond donors (Lipinski definition) is 1. The molecular formula is C17H27N3. The molecule has 2 rings (SSSR count). The minimum Gasteiger partial charge on any atom is -0.327 e. The van der Waals surface area contributed by atoms with E-state index in [1.54, 1.807) is 0 Å². The molecule has 2 aromatic rings. The summed E-state index contributed by atoms with van der Waals surface area (Å²) in [6.07, 6.45) is 1.08. The molecular weight excluding hydrogens is 246 g/mol. The van der Waals surface area contributed by atoms with Gasteiger partial charge in [0.2, 0.25) is 0 Å². The third-order valence-electron chi connectivity index (χ3n) is 4.09. The average molecular weight is 273 g/mol. The van der Waals surface area contributed by atoms with Gasteiger partial charge in [-0.25, -0.2) is 4.98 Å². The normalized spacial score (nSPS) is 12.6. The number of nitrogens with two attached hydrogens (primary N) is 1. The van der Waals surface area contributed by atoms with E-state index in [0.29, 0.717) is 12.5 Å². The Morgan fingerprint density at radius 1 is 1.30 bits per heavy atom. The van der Waals surface area contributed by atoms with E-state index in [9.17, 15) is 0 Å². The number of hydrogen-bond acceptors (Lipinski definition) is 2. The molecule has 0 aliphatic heterocycles. The molecule has 3 nitrogen and oxygen atoms in total. The summed E-state index contributed by atoms with van der Waals surface area (Å²) in [5.74, 6) is 1.80. The molecule has 0 unspecified atom stereocenters. The summed E-state index contributed by atoms with van der Waals surface area (Å²) in [5.41, 5.74) is 9.29. The predicted octanol–water partition coefficient (Wildman–Crippen LogP) is 3.84. The first-order chi connectivity index (χ1) is 9.39. The second-order valence-corrected chi connectivity index (χ2v) is 6.70. The Morgan fingerprint density at radius 2 is 2.00 bits per heavy atom. The molecule has 0 spiro atoms. The number of nitrogens with zero attached hydrogens (tertiary/aromatic N) is 2. The highest BCUT2D eigenvalue weighted by atomic mass is 15.1. The van der Waals surface area contributed by atoms with Crippen molar-refractivity contribution in [1.29, 1.82) is 0 Å². The molecule has 0 fully saturated rings. The number of aromatic nitrogens is 2. The van der Waals surface area contributed by atoms with Crippen LogP contribution in [0.15, 0.2) is 18.2 Å². The minimum absolute atomic E-state index is 0.0940. The summed E-state index contributed by atoms with van der Waals surface area (Å²) in [5, 5.41) is 0. The van der Waals surface area contributed by atoms with E-state index in [-0.39, 0.29) is 5.41 Å². The zero-order chi connectivity index (χ0) is 14.9. The second-order valence-electron chi connectivity index (χ2n) is 6.70. The summed E-state index contributed by atoms with van der Waals surface area (Å²) in [7, 11) is 0. The number of rotatable bonds is 5. The van der Waals surface area contributed by atoms with E-state index in [1.165, 1.54) is 11.3 Å². The van der Waals surface area contributed by atoms with Gasteiger partial charge in [0, 0.05) is 18.5 Å². The van der Waals surface area contributed by atoms with Crippen LogP contribution in [0.1, 0.15) is 52.4 Å². The summed E-state index contributed by atoms with van der Waals surface area (Å²) in [6, 6.07) is 6.41. The van der Waals surface area contributed by atoms with Crippen molar-refractivity contribution in [2.24, 2.45) is 11.7 Å². The van der Waals surface area contributed by atoms with Crippen molar-refractivity contribution < 1.29 is 0 Å². The first-order valence-corrected chi connectivity index (χ1v) is 7.58. The standard InChI is InChI=1S/C17H27N3/c1-6-17(4,5)16-19-14-9-13(10-18)7-8-15(14)20(16)11-12(2)3/h7-9,12H,6,10-11,18H2,1-5H3. The SMILES string of the molecule is CCC(C)(C)c1nc2cc(CN)ccc2n1CC(C)C. The van der Waals surface area contributed by atoms with Gasteiger partial charge in [-0.3, -0.25) is 0 Å². The Hall–Kier alpha value is -1.35. The molecule has 20 heavy (non-hydrogen) atoms. The zero-order valence-electron chi connectivity index (χ0n) is 13.4. The van der Waals surface area contributed by atoms with Crippen LogP contribution in [-0.4, -0.2) is 9.55 Å². The van der Waals surface area contributed by atoms with Crippen LogP contribution in [0, 0.1) is 5.92 Å². The van der Waals surface area contributed by atoms with Gasteiger partial charge < -0.3 is 10.3 Å². The quantitative estimate of drug-likeness (QED) is 0.899. The third-order valence-corrected chi connectivity index (χ3v) is 4.09. The lowest BCUT2D eigenvalue weighted by Crippen LogP contribution is -2.23. The van der Waals surface area contributed by atoms with Crippen LogP contribution >= 0.6 is 0 Å². The maximum absolute atomic E-state index is 5.74. The molecule has 3 heteroatoms. The fourth-order valence-corrected chi connectivity index (χ4v) is 2.53. The van der Waals surface area contributed by atoms with Crippen molar-refractivity contribution in [2.75, 3.05) is 0 Å². The van der Waals surface area contributed by atoms with E-state index in [2.05, 4.69) is 57.4 Å². The lowest BCUT2D eigenvalue weighted by Gasteiger charge is -2.24. The maximum atomic E-state index is 5.74. The van der Waals surface area contributed by atoms with Gasteiger partial charge in [0.25, 0.3) is 0 Å². The van der Waals surface area contributed by atoms with Gasteiger partial charge in [-0.2, -0.15) is 0 Å². The Balaban J connectivity index is 2.65. The van der Waals surface area contributed by atoms with Crippen LogP contribution in [0.2, 0.25) is 0 Å². The summed E-state index contributed by atoms with van der Waals surface area (Å²) in [6.45, 7) is 12.9. The highest BCUT2D eigenvalue weighted by molar-refractivity contribution is 5.77. The monoisotopic (exact) mass is 273 g/mol. The number of benzene rings is 1. The summed E-state index contributed by atoms with van der Waals surface area (Å²) in [4.78, 5) is 4.92. The number of fused-ring (bicyclic) bond motifs is 1. The van der Waals surface area contributed by atoms with Crippen molar-refractivity contribution in [3.05, 3.63) is 29.6 Å². The van der Waals surface area contributed by atoms with Crippen molar-refractivity contribution >= 4 is 11.0 Å². The minimum atomic E-state index is 0.0940. The van der Waals surface area contributed by atoms with Gasteiger partial charge in [0.05, 0.1) is 11.0 Å². The van der Waals surface area contributed by atoms with Crippen LogP contribution in [0.5, 0.6) is 0 Å². The molecule has 0 radical (unpaired) electrons. The van der Waals surface area contributed by atoms with Crippen LogP contribution in [0.4, 0.5) is 0 Å². The molecule has 0 amide bonds.